The molecule has 3 aromatic carbocycles. The van der Waals surface area contributed by atoms with Gasteiger partial charge in [0.2, 0.25) is 0 Å². The average Bonchev–Trinajstić information content (AvgIpc) is 3.14. The minimum absolute atomic E-state index is 0.0708. The Bertz CT molecular complexity index is 1440. The molecule has 0 unspecified atom stereocenters. The molecule has 0 aliphatic rings. The summed E-state index contributed by atoms with van der Waals surface area (Å²) < 4.78 is 41.3. The molecule has 1 N–H and O–H groups in total. The third kappa shape index (κ3) is 5.09. The lowest BCUT2D eigenvalue weighted by Gasteiger charge is -2.14. The minimum Gasteiger partial charge on any atom is -0.465 e. The number of amides is 1. The Morgan fingerprint density at radius 3 is 2.51 bits per heavy atom. The molecule has 0 aliphatic carbocycles. The van der Waals surface area contributed by atoms with Crippen molar-refractivity contribution in [1.29, 1.82) is 0 Å². The summed E-state index contributed by atoms with van der Waals surface area (Å²) >= 11 is 1.16. The highest BCUT2D eigenvalue weighted by molar-refractivity contribution is 7.99. The van der Waals surface area contributed by atoms with Crippen LogP contribution in [0.15, 0.2) is 82.7 Å². The molecule has 4 rings (SSSR count). The number of rotatable bonds is 6. The fourth-order valence-corrected chi connectivity index (χ4v) is 4.73. The maximum atomic E-state index is 13.2. The van der Waals surface area contributed by atoms with Crippen LogP contribution in [0.2, 0.25) is 0 Å². The van der Waals surface area contributed by atoms with Gasteiger partial charge < -0.3 is 9.67 Å². The van der Waals surface area contributed by atoms with E-state index in [1.54, 1.807) is 53.2 Å². The van der Waals surface area contributed by atoms with Crippen molar-refractivity contribution in [3.05, 3.63) is 94.2 Å². The van der Waals surface area contributed by atoms with Gasteiger partial charge in [-0.15, -0.1) is 0 Å². The summed E-state index contributed by atoms with van der Waals surface area (Å²) in [5.41, 5.74) is 0.506. The zero-order chi connectivity index (χ0) is 25.3. The van der Waals surface area contributed by atoms with E-state index in [0.717, 1.165) is 28.8 Å². The normalized spacial score (nSPS) is 11.5. The van der Waals surface area contributed by atoms with Crippen molar-refractivity contribution < 1.29 is 28.0 Å². The Hall–Kier alpha value is -3.99. The Balaban J connectivity index is 1.82. The average molecular weight is 501 g/mol. The number of carboxylic acid groups (broad SMARTS) is 1. The second-order valence-corrected chi connectivity index (χ2v) is 8.77. The van der Waals surface area contributed by atoms with E-state index in [1.165, 1.54) is 19.2 Å². The summed E-state index contributed by atoms with van der Waals surface area (Å²) in [7, 11) is 1.38. The van der Waals surface area contributed by atoms with Crippen LogP contribution in [0.1, 0.15) is 11.1 Å². The number of hydrogen-bond donors (Lipinski definition) is 1. The molecule has 4 aromatic rings. The zero-order valence-corrected chi connectivity index (χ0v) is 19.0. The van der Waals surface area contributed by atoms with Crippen LogP contribution in [0, 0.1) is 10.1 Å². The molecular weight excluding hydrogens is 483 g/mol. The number of halogens is 3. The summed E-state index contributed by atoms with van der Waals surface area (Å²) in [5, 5.41) is 21.5. The third-order valence-electron chi connectivity index (χ3n) is 5.39. The third-order valence-corrected chi connectivity index (χ3v) is 6.50. The molecule has 0 saturated carbocycles. The van der Waals surface area contributed by atoms with Crippen molar-refractivity contribution in [1.82, 2.24) is 4.57 Å². The molecule has 0 bridgehead atoms. The Morgan fingerprint density at radius 2 is 1.83 bits per heavy atom. The zero-order valence-electron chi connectivity index (χ0n) is 18.2. The van der Waals surface area contributed by atoms with Crippen LogP contribution < -0.4 is 4.90 Å². The van der Waals surface area contributed by atoms with Gasteiger partial charge in [0.1, 0.15) is 0 Å². The molecule has 1 heterocycles. The number of para-hydroxylation sites is 1. The molecule has 7 nitrogen and oxygen atoms in total. The van der Waals surface area contributed by atoms with Crippen molar-refractivity contribution in [3.63, 3.8) is 0 Å². The standard InChI is InChI=1S/C24H18F3N3O4S/c1-28(23(31)32)17-9-10-18-20(12-17)29(13-15-5-4-6-16(11-15)24(25,26)27)14-22(18)35-21-8-3-2-7-19(21)30(33)34/h2-12,14H,13H2,1H3,(H,31,32). The van der Waals surface area contributed by atoms with Gasteiger partial charge in [-0.2, -0.15) is 13.2 Å². The molecule has 1 amide bonds. The van der Waals surface area contributed by atoms with Gasteiger partial charge in [0, 0.05) is 41.8 Å². The summed E-state index contributed by atoms with van der Waals surface area (Å²) in [6.45, 7) is 0.0815. The van der Waals surface area contributed by atoms with Gasteiger partial charge in [-0.1, -0.05) is 36.0 Å². The molecule has 11 heteroatoms. The van der Waals surface area contributed by atoms with Gasteiger partial charge in [0.05, 0.1) is 20.9 Å². The van der Waals surface area contributed by atoms with Gasteiger partial charge in [-0.25, -0.2) is 4.79 Å². The number of benzene rings is 3. The largest absolute Gasteiger partial charge is 0.465 e. The van der Waals surface area contributed by atoms with E-state index in [-0.39, 0.29) is 12.2 Å². The first-order chi connectivity index (χ1) is 16.5. The van der Waals surface area contributed by atoms with Crippen LogP contribution in [0.3, 0.4) is 0 Å². The number of carbonyl (C=O) groups is 1. The second-order valence-electron chi connectivity index (χ2n) is 7.69. The number of fused-ring (bicyclic) bond motifs is 1. The molecule has 180 valence electrons. The first-order valence-electron chi connectivity index (χ1n) is 10.2. The molecule has 0 atom stereocenters. The monoisotopic (exact) mass is 501 g/mol. The Labute approximate surface area is 201 Å². The van der Waals surface area contributed by atoms with E-state index < -0.39 is 22.8 Å². The number of nitro groups is 1. The summed E-state index contributed by atoms with van der Waals surface area (Å²) in [6.07, 6.45) is -3.95. The minimum atomic E-state index is -4.49. The van der Waals surface area contributed by atoms with E-state index in [9.17, 15) is 33.2 Å². The smallest absolute Gasteiger partial charge is 0.416 e. The van der Waals surface area contributed by atoms with Crippen LogP contribution in [0.4, 0.5) is 29.3 Å². The molecule has 35 heavy (non-hydrogen) atoms. The van der Waals surface area contributed by atoms with Crippen molar-refractivity contribution in [2.24, 2.45) is 0 Å². The molecule has 0 saturated heterocycles. The van der Waals surface area contributed by atoms with Gasteiger partial charge in [0.25, 0.3) is 5.69 Å². The lowest BCUT2D eigenvalue weighted by Crippen LogP contribution is -2.23. The molecule has 0 spiro atoms. The van der Waals surface area contributed by atoms with Crippen LogP contribution in [0.5, 0.6) is 0 Å². The van der Waals surface area contributed by atoms with Crippen molar-refractivity contribution >= 4 is 40.1 Å². The highest BCUT2D eigenvalue weighted by atomic mass is 32.2. The van der Waals surface area contributed by atoms with E-state index in [1.807, 2.05) is 0 Å². The number of nitro benzene ring substituents is 1. The first-order valence-corrected chi connectivity index (χ1v) is 11.0. The summed E-state index contributed by atoms with van der Waals surface area (Å²) in [4.78, 5) is 24.5. The Kier molecular flexibility index (Phi) is 6.44. The van der Waals surface area contributed by atoms with Crippen molar-refractivity contribution in [2.75, 3.05) is 11.9 Å². The number of anilines is 1. The van der Waals surface area contributed by atoms with Crippen LogP contribution in [-0.4, -0.2) is 27.7 Å². The van der Waals surface area contributed by atoms with Crippen molar-refractivity contribution in [3.8, 4) is 0 Å². The van der Waals surface area contributed by atoms with E-state index in [0.29, 0.717) is 31.9 Å². The molecule has 1 aromatic heterocycles. The fraction of sp³-hybridized carbons (Fsp3) is 0.125. The van der Waals surface area contributed by atoms with E-state index in [2.05, 4.69) is 0 Å². The number of hydrogen-bond acceptors (Lipinski definition) is 4. The second kappa shape index (κ2) is 9.34. The molecule has 0 aliphatic heterocycles. The quantitative estimate of drug-likeness (QED) is 0.230. The van der Waals surface area contributed by atoms with Gasteiger partial charge in [-0.05, 0) is 42.0 Å². The number of aromatic nitrogens is 1. The number of alkyl halides is 3. The molecule has 0 radical (unpaired) electrons. The number of nitrogens with zero attached hydrogens (tertiary/aromatic N) is 3. The topological polar surface area (TPSA) is 88.6 Å². The van der Waals surface area contributed by atoms with Crippen LogP contribution in [0.25, 0.3) is 10.9 Å². The SMILES string of the molecule is CN(C(=O)O)c1ccc2c(Sc3ccccc3[N+](=O)[O-])cn(Cc3cccc(C(F)(F)F)c3)c2c1. The van der Waals surface area contributed by atoms with Crippen molar-refractivity contribution in [2.45, 2.75) is 22.5 Å². The lowest BCUT2D eigenvalue weighted by molar-refractivity contribution is -0.387. The predicted octanol–water partition coefficient (Wildman–Crippen LogP) is 6.88. The van der Waals surface area contributed by atoms with Crippen LogP contribution >= 0.6 is 11.8 Å². The van der Waals surface area contributed by atoms with Gasteiger partial charge in [-0.3, -0.25) is 15.0 Å². The van der Waals surface area contributed by atoms with E-state index in [4.69, 9.17) is 0 Å². The highest BCUT2D eigenvalue weighted by Crippen LogP contribution is 2.40. The molecular formula is C24H18F3N3O4S. The Morgan fingerprint density at radius 1 is 1.09 bits per heavy atom. The highest BCUT2D eigenvalue weighted by Gasteiger charge is 2.30. The summed E-state index contributed by atoms with van der Waals surface area (Å²) in [6, 6.07) is 16.1. The summed E-state index contributed by atoms with van der Waals surface area (Å²) in [5.74, 6) is 0. The first kappa shape index (κ1) is 24.1. The van der Waals surface area contributed by atoms with Gasteiger partial charge in [0.15, 0.2) is 0 Å². The maximum Gasteiger partial charge on any atom is 0.416 e. The van der Waals surface area contributed by atoms with Crippen LogP contribution in [-0.2, 0) is 12.7 Å². The fourth-order valence-electron chi connectivity index (χ4n) is 3.63. The molecule has 0 fully saturated rings. The predicted molar refractivity (Wildman–Crippen MR) is 126 cm³/mol. The van der Waals surface area contributed by atoms with Gasteiger partial charge >= 0.3 is 12.3 Å². The maximum absolute atomic E-state index is 13.2. The van der Waals surface area contributed by atoms with E-state index >= 15 is 0 Å². The lowest BCUT2D eigenvalue weighted by atomic mass is 10.1.